The number of likely N-dealkylation sites (tertiary alicyclic amines) is 1. The Balaban J connectivity index is 0.00000200. The molecule has 3 nitrogen and oxygen atoms in total. The average molecular weight is 317 g/mol. The van der Waals surface area contributed by atoms with Crippen LogP contribution in [0.2, 0.25) is 0 Å². The van der Waals surface area contributed by atoms with Crippen molar-refractivity contribution < 1.29 is 4.79 Å². The van der Waals surface area contributed by atoms with E-state index in [1.54, 1.807) is 0 Å². The molecular formula is C15H25ClN2OS. The van der Waals surface area contributed by atoms with Crippen molar-refractivity contribution in [2.75, 3.05) is 20.1 Å². The summed E-state index contributed by atoms with van der Waals surface area (Å²) in [5.74, 6) is 0.336. The number of thiophene rings is 1. The van der Waals surface area contributed by atoms with E-state index in [0.717, 1.165) is 38.8 Å². The van der Waals surface area contributed by atoms with Crippen LogP contribution in [-0.2, 0) is 11.2 Å². The molecule has 0 aromatic carbocycles. The zero-order valence-electron chi connectivity index (χ0n) is 12.4. The molecule has 0 atom stereocenters. The Labute approximate surface area is 132 Å². The van der Waals surface area contributed by atoms with Gasteiger partial charge >= 0.3 is 0 Å². The van der Waals surface area contributed by atoms with Gasteiger partial charge in [-0.1, -0.05) is 0 Å². The molecule has 1 amide bonds. The largest absolute Gasteiger partial charge is 0.343 e. The molecule has 0 saturated carbocycles. The summed E-state index contributed by atoms with van der Waals surface area (Å²) >= 11 is 1.85. The van der Waals surface area contributed by atoms with Gasteiger partial charge in [-0.15, -0.1) is 23.7 Å². The Bertz CT molecular complexity index is 414. The number of halogens is 1. The molecule has 20 heavy (non-hydrogen) atoms. The first-order chi connectivity index (χ1) is 9.19. The predicted molar refractivity (Wildman–Crippen MR) is 87.9 cm³/mol. The van der Waals surface area contributed by atoms with Crippen LogP contribution in [0, 0.1) is 6.92 Å². The fourth-order valence-corrected chi connectivity index (χ4v) is 3.54. The number of amides is 1. The molecule has 0 unspecified atom stereocenters. The highest BCUT2D eigenvalue weighted by Gasteiger charge is 2.21. The minimum atomic E-state index is 0. The van der Waals surface area contributed by atoms with Gasteiger partial charge in [-0.25, -0.2) is 0 Å². The topological polar surface area (TPSA) is 32.3 Å². The molecule has 0 aliphatic carbocycles. The smallest absolute Gasteiger partial charge is 0.222 e. The number of aryl methyl sites for hydroxylation is 2. The van der Waals surface area contributed by atoms with E-state index >= 15 is 0 Å². The molecule has 0 radical (unpaired) electrons. The number of carbonyl (C=O) groups is 1. The van der Waals surface area contributed by atoms with E-state index < -0.39 is 0 Å². The zero-order chi connectivity index (χ0) is 13.7. The molecule has 1 aliphatic heterocycles. The molecule has 1 saturated heterocycles. The third kappa shape index (κ3) is 5.08. The van der Waals surface area contributed by atoms with Gasteiger partial charge in [0.1, 0.15) is 0 Å². The van der Waals surface area contributed by atoms with Crippen LogP contribution in [0.1, 0.15) is 35.4 Å². The fraction of sp³-hybridized carbons (Fsp3) is 0.667. The van der Waals surface area contributed by atoms with Crippen LogP contribution in [-0.4, -0.2) is 37.0 Å². The Morgan fingerprint density at radius 1 is 1.40 bits per heavy atom. The van der Waals surface area contributed by atoms with Crippen molar-refractivity contribution in [2.24, 2.45) is 0 Å². The Hall–Kier alpha value is -0.580. The number of piperidine rings is 1. The lowest BCUT2D eigenvalue weighted by atomic mass is 10.0. The van der Waals surface area contributed by atoms with Gasteiger partial charge in [0.15, 0.2) is 0 Å². The molecular weight excluding hydrogens is 292 g/mol. The summed E-state index contributed by atoms with van der Waals surface area (Å²) in [6.07, 6.45) is 4.89. The minimum absolute atomic E-state index is 0. The second-order valence-corrected chi connectivity index (χ2v) is 6.68. The SMILES string of the molecule is CNC1CCN(C(=O)CCCc2ccc(C)s2)CC1.Cl. The number of hydrogen-bond donors (Lipinski definition) is 1. The zero-order valence-corrected chi connectivity index (χ0v) is 14.0. The van der Waals surface area contributed by atoms with Crippen LogP contribution in [0.3, 0.4) is 0 Å². The lowest BCUT2D eigenvalue weighted by molar-refractivity contribution is -0.132. The highest BCUT2D eigenvalue weighted by atomic mass is 35.5. The first-order valence-corrected chi connectivity index (χ1v) is 8.01. The number of nitrogens with zero attached hydrogens (tertiary/aromatic N) is 1. The van der Waals surface area contributed by atoms with Crippen LogP contribution < -0.4 is 5.32 Å². The van der Waals surface area contributed by atoms with E-state index in [2.05, 4.69) is 24.4 Å². The van der Waals surface area contributed by atoms with Gasteiger partial charge in [0.2, 0.25) is 5.91 Å². The van der Waals surface area contributed by atoms with Gasteiger partial charge in [-0.2, -0.15) is 0 Å². The van der Waals surface area contributed by atoms with Crippen LogP contribution >= 0.6 is 23.7 Å². The van der Waals surface area contributed by atoms with Crippen molar-refractivity contribution in [3.63, 3.8) is 0 Å². The predicted octanol–water partition coefficient (Wildman–Crippen LogP) is 3.01. The van der Waals surface area contributed by atoms with Crippen molar-refractivity contribution in [1.29, 1.82) is 0 Å². The average Bonchev–Trinajstić information content (AvgIpc) is 2.84. The van der Waals surface area contributed by atoms with Gasteiger partial charge in [0, 0.05) is 35.3 Å². The number of carbonyl (C=O) groups excluding carboxylic acids is 1. The van der Waals surface area contributed by atoms with Crippen molar-refractivity contribution in [1.82, 2.24) is 10.2 Å². The molecule has 1 aromatic heterocycles. The second-order valence-electron chi connectivity index (χ2n) is 5.31. The first-order valence-electron chi connectivity index (χ1n) is 7.19. The summed E-state index contributed by atoms with van der Waals surface area (Å²) in [4.78, 5) is 16.9. The van der Waals surface area contributed by atoms with Crippen LogP contribution in [0.5, 0.6) is 0 Å². The normalized spacial score (nSPS) is 16.0. The molecule has 5 heteroatoms. The van der Waals surface area contributed by atoms with Gasteiger partial charge < -0.3 is 10.2 Å². The van der Waals surface area contributed by atoms with Crippen molar-refractivity contribution in [3.05, 3.63) is 21.9 Å². The van der Waals surface area contributed by atoms with Gasteiger partial charge in [-0.05, 0) is 51.8 Å². The molecule has 1 N–H and O–H groups in total. The third-order valence-corrected chi connectivity index (χ3v) is 4.93. The molecule has 114 valence electrons. The number of nitrogens with one attached hydrogen (secondary N) is 1. The summed E-state index contributed by atoms with van der Waals surface area (Å²) < 4.78 is 0. The Morgan fingerprint density at radius 3 is 2.65 bits per heavy atom. The van der Waals surface area contributed by atoms with Gasteiger partial charge in [0.05, 0.1) is 0 Å². The fourth-order valence-electron chi connectivity index (χ4n) is 2.61. The van der Waals surface area contributed by atoms with Crippen molar-refractivity contribution in [2.45, 2.75) is 45.1 Å². The summed E-state index contributed by atoms with van der Waals surface area (Å²) in [5, 5.41) is 3.29. The maximum atomic E-state index is 12.1. The molecule has 0 spiro atoms. The van der Waals surface area contributed by atoms with E-state index in [0.29, 0.717) is 18.4 Å². The molecule has 2 heterocycles. The van der Waals surface area contributed by atoms with E-state index in [4.69, 9.17) is 0 Å². The lowest BCUT2D eigenvalue weighted by Crippen LogP contribution is -2.43. The second kappa shape index (κ2) is 8.65. The highest BCUT2D eigenvalue weighted by molar-refractivity contribution is 7.11. The van der Waals surface area contributed by atoms with Crippen molar-refractivity contribution >= 4 is 29.7 Å². The standard InChI is InChI=1S/C15H24N2OS.ClH/c1-12-6-7-14(19-12)4-3-5-15(18)17-10-8-13(16-2)9-11-17;/h6-7,13,16H,3-5,8-11H2,1-2H3;1H. The number of rotatable bonds is 5. The maximum absolute atomic E-state index is 12.1. The van der Waals surface area contributed by atoms with Crippen molar-refractivity contribution in [3.8, 4) is 0 Å². The maximum Gasteiger partial charge on any atom is 0.222 e. The summed E-state index contributed by atoms with van der Waals surface area (Å²) in [7, 11) is 2.01. The third-order valence-electron chi connectivity index (χ3n) is 3.87. The highest BCUT2D eigenvalue weighted by Crippen LogP contribution is 2.18. The molecule has 0 bridgehead atoms. The Morgan fingerprint density at radius 2 is 2.10 bits per heavy atom. The molecule has 1 aliphatic rings. The number of hydrogen-bond acceptors (Lipinski definition) is 3. The van der Waals surface area contributed by atoms with Gasteiger partial charge in [0.25, 0.3) is 0 Å². The van der Waals surface area contributed by atoms with Crippen LogP contribution in [0.4, 0.5) is 0 Å². The monoisotopic (exact) mass is 316 g/mol. The van der Waals surface area contributed by atoms with Crippen LogP contribution in [0.15, 0.2) is 12.1 Å². The van der Waals surface area contributed by atoms with E-state index in [-0.39, 0.29) is 12.4 Å². The minimum Gasteiger partial charge on any atom is -0.343 e. The van der Waals surface area contributed by atoms with E-state index in [1.165, 1.54) is 9.75 Å². The summed E-state index contributed by atoms with van der Waals surface area (Å²) in [5.41, 5.74) is 0. The molecule has 1 aromatic rings. The van der Waals surface area contributed by atoms with Gasteiger partial charge in [-0.3, -0.25) is 4.79 Å². The van der Waals surface area contributed by atoms with E-state index in [1.807, 2.05) is 23.3 Å². The van der Waals surface area contributed by atoms with Crippen LogP contribution in [0.25, 0.3) is 0 Å². The molecule has 2 rings (SSSR count). The summed E-state index contributed by atoms with van der Waals surface area (Å²) in [6.45, 7) is 3.97. The summed E-state index contributed by atoms with van der Waals surface area (Å²) in [6, 6.07) is 4.94. The lowest BCUT2D eigenvalue weighted by Gasteiger charge is -2.31. The molecule has 1 fully saturated rings. The Kier molecular flexibility index (Phi) is 7.56. The van der Waals surface area contributed by atoms with E-state index in [9.17, 15) is 4.79 Å². The first kappa shape index (κ1) is 17.5. The quantitative estimate of drug-likeness (QED) is 0.905.